The van der Waals surface area contributed by atoms with E-state index in [1.165, 1.54) is 0 Å². The van der Waals surface area contributed by atoms with Gasteiger partial charge in [-0.25, -0.2) is 4.79 Å². The maximum atomic E-state index is 14.1. The van der Waals surface area contributed by atoms with E-state index in [-0.39, 0.29) is 31.0 Å². The van der Waals surface area contributed by atoms with Crippen LogP contribution in [0.3, 0.4) is 0 Å². The number of aliphatic hydroxyl groups is 1. The first-order valence-corrected chi connectivity index (χ1v) is 15.7. The van der Waals surface area contributed by atoms with Crippen LogP contribution in [-0.4, -0.2) is 109 Å². The van der Waals surface area contributed by atoms with Gasteiger partial charge in [0.1, 0.15) is 30.2 Å². The van der Waals surface area contributed by atoms with Crippen molar-refractivity contribution in [1.82, 2.24) is 10.2 Å². The van der Waals surface area contributed by atoms with E-state index >= 15 is 0 Å². The summed E-state index contributed by atoms with van der Waals surface area (Å²) in [4.78, 5) is 55.4. The van der Waals surface area contributed by atoms with Gasteiger partial charge in [-0.2, -0.15) is 0 Å². The Balaban J connectivity index is 2.08. The second kappa shape index (κ2) is 14.8. The summed E-state index contributed by atoms with van der Waals surface area (Å²) in [6, 6.07) is -1.06. The molecule has 3 saturated heterocycles. The smallest absolute Gasteiger partial charge is 0.408 e. The number of fused-ring (bicyclic) bond motifs is 1. The van der Waals surface area contributed by atoms with Crippen LogP contribution < -0.4 is 5.32 Å². The first-order valence-electron chi connectivity index (χ1n) is 15.7. The Hall–Kier alpha value is -2.38. The highest BCUT2D eigenvalue weighted by Crippen LogP contribution is 2.38. The minimum absolute atomic E-state index is 0.129. The first kappa shape index (κ1) is 36.1. The first-order chi connectivity index (χ1) is 20.6. The zero-order valence-corrected chi connectivity index (χ0v) is 27.6. The number of alkyl carbamates (subject to hydrolysis) is 1. The number of aliphatic hydroxyl groups excluding tert-OH is 1. The van der Waals surface area contributed by atoms with Crippen LogP contribution in [0.15, 0.2) is 12.7 Å². The Labute approximate surface area is 261 Å². The lowest BCUT2D eigenvalue weighted by molar-refractivity contribution is -0.281. The predicted octanol–water partition coefficient (Wildman–Crippen LogP) is 2.64. The molecule has 13 atom stereocenters. The molecule has 3 heterocycles. The summed E-state index contributed by atoms with van der Waals surface area (Å²) < 4.78 is 30.2. The van der Waals surface area contributed by atoms with Crippen molar-refractivity contribution in [3.8, 4) is 0 Å². The lowest BCUT2D eigenvalue weighted by Crippen LogP contribution is -2.58. The number of nitrogens with one attached hydrogen (secondary N) is 1. The van der Waals surface area contributed by atoms with Crippen LogP contribution in [0.2, 0.25) is 0 Å². The Morgan fingerprint density at radius 1 is 1.07 bits per heavy atom. The normalized spacial score (nSPS) is 42.6. The molecule has 0 aromatic carbocycles. The highest BCUT2D eigenvalue weighted by Gasteiger charge is 2.56. The maximum absolute atomic E-state index is 14.1. The van der Waals surface area contributed by atoms with Crippen LogP contribution in [0.25, 0.3) is 0 Å². The van der Waals surface area contributed by atoms with Gasteiger partial charge in [0.05, 0.1) is 31.0 Å². The monoisotopic (exact) mass is 624 g/mol. The molecule has 0 bridgehead atoms. The standard InChI is InChI=1S/C32H52N2O10/c1-11-13-40-27-18(5)25(37)19(6)29-32(8,44-31(39)33-29)23(12-2)42-24(36)15-22(35)17(4)28(20(27)7)43-30-26(38)21(34(9)10)14-16(3)41-30/h11,16-21,23,26-30,38H,1,12-15H2,2-10H3,(H,33,39)/t16-,17+,18+,19-,20-,21+,23+,26-,27+,28-,29?,30+,32-/m1/s1. The van der Waals surface area contributed by atoms with Crippen molar-refractivity contribution < 1.29 is 48.0 Å². The summed E-state index contributed by atoms with van der Waals surface area (Å²) in [7, 11) is 3.73. The Morgan fingerprint density at radius 2 is 1.73 bits per heavy atom. The second-order valence-corrected chi connectivity index (χ2v) is 13.1. The Bertz CT molecular complexity index is 1070. The average Bonchev–Trinajstić information content (AvgIpc) is 3.28. The van der Waals surface area contributed by atoms with Crippen LogP contribution in [0.4, 0.5) is 4.79 Å². The third kappa shape index (κ3) is 7.52. The lowest BCUT2D eigenvalue weighted by atomic mass is 9.74. The number of esters is 1. The average molecular weight is 625 g/mol. The van der Waals surface area contributed by atoms with Gasteiger partial charge >= 0.3 is 12.1 Å². The molecular weight excluding hydrogens is 572 g/mol. The van der Waals surface area contributed by atoms with Crippen LogP contribution in [0.5, 0.6) is 0 Å². The number of ether oxygens (including phenoxy) is 5. The zero-order valence-electron chi connectivity index (χ0n) is 27.6. The van der Waals surface area contributed by atoms with Gasteiger partial charge < -0.3 is 39.0 Å². The molecule has 3 rings (SSSR count). The highest BCUT2D eigenvalue weighted by atomic mass is 16.7. The fraction of sp³-hybridized carbons (Fsp3) is 0.812. The SMILES string of the molecule is C=CCO[C@@H]1[C@@H](C)[C@H](O[C@@H]2O[C@H](C)C[C@H](N(C)C)[C@H]2O)[C@@H](C)C(=O)CC(=O)O[C@@H](CC)[C@@]2(C)OC(=O)NC2[C@H](C)C(=O)[C@@H]1C. The van der Waals surface area contributed by atoms with E-state index in [1.54, 1.807) is 40.7 Å². The minimum atomic E-state index is -1.35. The van der Waals surface area contributed by atoms with E-state index in [9.17, 15) is 24.3 Å². The summed E-state index contributed by atoms with van der Waals surface area (Å²) in [5, 5.41) is 14.0. The Morgan fingerprint density at radius 3 is 2.32 bits per heavy atom. The van der Waals surface area contributed by atoms with Crippen LogP contribution in [-0.2, 0) is 38.1 Å². The van der Waals surface area contributed by atoms with Crippen LogP contribution in [0.1, 0.15) is 67.7 Å². The molecule has 3 fully saturated rings. The molecule has 44 heavy (non-hydrogen) atoms. The number of likely N-dealkylation sites (N-methyl/N-ethyl adjacent to an activating group) is 1. The minimum Gasteiger partial charge on any atom is -0.458 e. The number of amides is 1. The van der Waals surface area contributed by atoms with Crippen LogP contribution >= 0.6 is 0 Å². The third-order valence-electron chi connectivity index (χ3n) is 9.71. The quantitative estimate of drug-likeness (QED) is 0.245. The van der Waals surface area contributed by atoms with Crippen molar-refractivity contribution in [1.29, 1.82) is 0 Å². The highest BCUT2D eigenvalue weighted by molar-refractivity contribution is 5.97. The lowest BCUT2D eigenvalue weighted by Gasteiger charge is -2.45. The van der Waals surface area contributed by atoms with Gasteiger partial charge in [-0.15, -0.1) is 6.58 Å². The molecule has 12 nitrogen and oxygen atoms in total. The molecule has 0 radical (unpaired) electrons. The fourth-order valence-corrected chi connectivity index (χ4v) is 7.11. The summed E-state index contributed by atoms with van der Waals surface area (Å²) in [5.74, 6) is -4.35. The van der Waals surface area contributed by atoms with Gasteiger partial charge in [0.2, 0.25) is 0 Å². The zero-order chi connectivity index (χ0) is 33.1. The molecule has 0 aliphatic carbocycles. The van der Waals surface area contributed by atoms with Crippen LogP contribution in [0, 0.1) is 23.7 Å². The predicted molar refractivity (Wildman–Crippen MR) is 161 cm³/mol. The number of rotatable bonds is 7. The number of Topliss-reactive ketones (excluding diaryl/α,β-unsaturated/α-hetero) is 2. The van der Waals surface area contributed by atoms with Gasteiger partial charge in [0, 0.05) is 29.7 Å². The largest absolute Gasteiger partial charge is 0.458 e. The van der Waals surface area contributed by atoms with Crippen molar-refractivity contribution in [3.05, 3.63) is 12.7 Å². The van der Waals surface area contributed by atoms with Crippen molar-refractivity contribution in [2.24, 2.45) is 23.7 Å². The van der Waals surface area contributed by atoms with E-state index in [0.717, 1.165) is 0 Å². The van der Waals surface area contributed by atoms with E-state index in [0.29, 0.717) is 6.42 Å². The number of hydrogen-bond acceptors (Lipinski definition) is 11. The van der Waals surface area contributed by atoms with Gasteiger partial charge in [-0.1, -0.05) is 40.7 Å². The van der Waals surface area contributed by atoms with Gasteiger partial charge in [0.25, 0.3) is 0 Å². The summed E-state index contributed by atoms with van der Waals surface area (Å²) in [6.45, 7) is 16.1. The molecule has 12 heteroatoms. The molecule has 0 aromatic heterocycles. The molecular formula is C32H52N2O10. The van der Waals surface area contributed by atoms with Crippen molar-refractivity contribution in [2.75, 3.05) is 20.7 Å². The fourth-order valence-electron chi connectivity index (χ4n) is 7.11. The van der Waals surface area contributed by atoms with E-state index in [4.69, 9.17) is 23.7 Å². The maximum Gasteiger partial charge on any atom is 0.408 e. The molecule has 1 unspecified atom stereocenters. The molecule has 2 N–H and O–H groups in total. The number of nitrogens with zero attached hydrogens (tertiary/aromatic N) is 1. The van der Waals surface area contributed by atoms with Crippen molar-refractivity contribution in [2.45, 2.75) is 122 Å². The van der Waals surface area contributed by atoms with Crippen molar-refractivity contribution >= 4 is 23.6 Å². The number of hydrogen-bond donors (Lipinski definition) is 2. The molecule has 0 spiro atoms. The van der Waals surface area contributed by atoms with E-state index in [1.807, 2.05) is 32.8 Å². The summed E-state index contributed by atoms with van der Waals surface area (Å²) in [6.07, 6.45) is -3.72. The van der Waals surface area contributed by atoms with E-state index in [2.05, 4.69) is 11.9 Å². The topological polar surface area (TPSA) is 150 Å². The molecule has 0 saturated carbocycles. The molecule has 1 amide bonds. The number of cyclic esters (lactones) is 1. The molecule has 0 aromatic rings. The molecule has 250 valence electrons. The third-order valence-corrected chi connectivity index (χ3v) is 9.71. The summed E-state index contributed by atoms with van der Waals surface area (Å²) in [5.41, 5.74) is -1.35. The Kier molecular flexibility index (Phi) is 12.1. The molecule has 3 aliphatic rings. The number of ketones is 2. The summed E-state index contributed by atoms with van der Waals surface area (Å²) >= 11 is 0. The van der Waals surface area contributed by atoms with E-state index < -0.39 is 90.3 Å². The number of carbonyl (C=O) groups excluding carboxylic acids is 4. The second-order valence-electron chi connectivity index (χ2n) is 13.1. The van der Waals surface area contributed by atoms with Gasteiger partial charge in [0.15, 0.2) is 11.9 Å². The number of carbonyl (C=O) groups is 4. The molecule has 3 aliphatic heterocycles. The van der Waals surface area contributed by atoms with Gasteiger partial charge in [-0.05, 0) is 40.8 Å². The van der Waals surface area contributed by atoms with Crippen molar-refractivity contribution in [3.63, 3.8) is 0 Å². The van der Waals surface area contributed by atoms with Gasteiger partial charge in [-0.3, -0.25) is 14.4 Å².